The summed E-state index contributed by atoms with van der Waals surface area (Å²) in [5.41, 5.74) is 3.88. The maximum Gasteiger partial charge on any atom is 0.194 e. The van der Waals surface area contributed by atoms with Crippen LogP contribution in [0.4, 0.5) is 0 Å². The molecule has 3 heteroatoms. The molecule has 2 aliphatic carbocycles. The van der Waals surface area contributed by atoms with E-state index in [1.807, 2.05) is 11.7 Å². The quantitative estimate of drug-likeness (QED) is 0.635. The third kappa shape index (κ3) is 3.22. The fourth-order valence-electron chi connectivity index (χ4n) is 5.24. The van der Waals surface area contributed by atoms with Gasteiger partial charge in [0.05, 0.1) is 11.7 Å². The van der Waals surface area contributed by atoms with Gasteiger partial charge < -0.3 is 4.74 Å². The van der Waals surface area contributed by atoms with E-state index >= 15 is 0 Å². The summed E-state index contributed by atoms with van der Waals surface area (Å²) >= 11 is 1.60. The Morgan fingerprint density at radius 1 is 1.26 bits per heavy atom. The predicted octanol–water partition coefficient (Wildman–Crippen LogP) is 5.96. The van der Waals surface area contributed by atoms with E-state index < -0.39 is 0 Å². The predicted molar refractivity (Wildman–Crippen MR) is 97.8 cm³/mol. The highest BCUT2D eigenvalue weighted by Crippen LogP contribution is 2.56. The summed E-state index contributed by atoms with van der Waals surface area (Å²) in [6.45, 7) is 12.2. The topological polar surface area (TPSA) is 22.1 Å². The molecule has 0 saturated heterocycles. The lowest BCUT2D eigenvalue weighted by Crippen LogP contribution is -2.46. The Bertz CT molecular complexity index is 548. The van der Waals surface area contributed by atoms with Crippen molar-refractivity contribution in [2.24, 2.45) is 29.1 Å². The lowest BCUT2D eigenvalue weighted by atomic mass is 9.52. The van der Waals surface area contributed by atoms with Crippen molar-refractivity contribution in [2.75, 3.05) is 0 Å². The van der Waals surface area contributed by atoms with Crippen molar-refractivity contribution in [3.8, 4) is 5.06 Å². The van der Waals surface area contributed by atoms with Gasteiger partial charge in [0.15, 0.2) is 5.06 Å². The molecule has 2 nitrogen and oxygen atoms in total. The summed E-state index contributed by atoms with van der Waals surface area (Å²) < 4.78 is 6.17. The lowest BCUT2D eigenvalue weighted by Gasteiger charge is -2.53. The standard InChI is InChI=1S/C20H31NOS/c1-13(2)17-7-6-15-10-16(22-18-11-21-12-23-18)8-9-20(15,5)19(17)14(3)4/h6,11-14,16-17,19H,7-10H2,1-5H3/t16-,17?,19?,20-/m0/s1. The summed E-state index contributed by atoms with van der Waals surface area (Å²) in [4.78, 5) is 4.13. The summed E-state index contributed by atoms with van der Waals surface area (Å²) in [6.07, 6.45) is 9.51. The Morgan fingerprint density at radius 2 is 2.04 bits per heavy atom. The van der Waals surface area contributed by atoms with E-state index in [1.165, 1.54) is 19.3 Å². The van der Waals surface area contributed by atoms with Crippen molar-refractivity contribution >= 4 is 11.3 Å². The first kappa shape index (κ1) is 17.0. The number of aromatic nitrogens is 1. The van der Waals surface area contributed by atoms with Crippen LogP contribution in [0.15, 0.2) is 23.4 Å². The highest BCUT2D eigenvalue weighted by molar-refractivity contribution is 7.11. The number of allylic oxidation sites excluding steroid dienone is 1. The van der Waals surface area contributed by atoms with E-state index in [0.717, 1.165) is 35.2 Å². The minimum Gasteiger partial charge on any atom is -0.479 e. The van der Waals surface area contributed by atoms with Crippen molar-refractivity contribution in [3.05, 3.63) is 23.4 Å². The van der Waals surface area contributed by atoms with Gasteiger partial charge in [0.2, 0.25) is 0 Å². The number of nitrogens with zero attached hydrogens (tertiary/aromatic N) is 1. The van der Waals surface area contributed by atoms with Crippen molar-refractivity contribution in [1.29, 1.82) is 0 Å². The summed E-state index contributed by atoms with van der Waals surface area (Å²) in [5, 5.41) is 0.968. The van der Waals surface area contributed by atoms with Crippen LogP contribution in [0, 0.1) is 29.1 Å². The van der Waals surface area contributed by atoms with Gasteiger partial charge in [-0.15, -0.1) is 0 Å². The minimum atomic E-state index is 0.332. The number of hydrogen-bond donors (Lipinski definition) is 0. The summed E-state index contributed by atoms with van der Waals surface area (Å²) in [5.74, 6) is 3.13. The molecule has 0 amide bonds. The fraction of sp³-hybridized carbons (Fsp3) is 0.750. The Kier molecular flexibility index (Phi) is 4.87. The van der Waals surface area contributed by atoms with Gasteiger partial charge in [0.25, 0.3) is 0 Å². The molecule has 4 atom stereocenters. The molecule has 0 radical (unpaired) electrons. The molecule has 2 unspecified atom stereocenters. The van der Waals surface area contributed by atoms with Crippen molar-refractivity contribution in [1.82, 2.24) is 4.98 Å². The largest absolute Gasteiger partial charge is 0.479 e. The van der Waals surface area contributed by atoms with Gasteiger partial charge in [-0.2, -0.15) is 0 Å². The zero-order chi connectivity index (χ0) is 16.6. The Hall–Kier alpha value is -0.830. The van der Waals surface area contributed by atoms with Crippen LogP contribution in [0.3, 0.4) is 0 Å². The Morgan fingerprint density at radius 3 is 2.65 bits per heavy atom. The maximum atomic E-state index is 6.17. The van der Waals surface area contributed by atoms with E-state index in [9.17, 15) is 0 Å². The molecular formula is C20H31NOS. The SMILES string of the molecule is CC(C)C1CC=C2C[C@@H](Oc3cncs3)CC[C@]2(C)C1C(C)C. The molecule has 1 aromatic rings. The second kappa shape index (κ2) is 6.58. The average molecular weight is 334 g/mol. The monoisotopic (exact) mass is 333 g/mol. The van der Waals surface area contributed by atoms with Crippen molar-refractivity contribution in [2.45, 2.75) is 66.4 Å². The number of thiazole rings is 1. The molecule has 1 heterocycles. The molecule has 128 valence electrons. The molecular weight excluding hydrogens is 302 g/mol. The molecule has 2 aliphatic rings. The maximum absolute atomic E-state index is 6.17. The highest BCUT2D eigenvalue weighted by Gasteiger charge is 2.48. The third-order valence-corrected chi connectivity index (χ3v) is 6.93. The van der Waals surface area contributed by atoms with Crippen LogP contribution >= 0.6 is 11.3 Å². The first-order valence-electron chi connectivity index (χ1n) is 9.16. The van der Waals surface area contributed by atoms with Crippen LogP contribution < -0.4 is 4.74 Å². The van der Waals surface area contributed by atoms with Gasteiger partial charge >= 0.3 is 0 Å². The summed E-state index contributed by atoms with van der Waals surface area (Å²) in [7, 11) is 0. The van der Waals surface area contributed by atoms with E-state index in [1.54, 1.807) is 16.9 Å². The minimum absolute atomic E-state index is 0.332. The zero-order valence-corrected chi connectivity index (χ0v) is 16.0. The van der Waals surface area contributed by atoms with E-state index in [-0.39, 0.29) is 0 Å². The van der Waals surface area contributed by atoms with Gasteiger partial charge in [-0.3, -0.25) is 0 Å². The average Bonchev–Trinajstić information content (AvgIpc) is 2.98. The van der Waals surface area contributed by atoms with Gasteiger partial charge in [-0.1, -0.05) is 57.6 Å². The van der Waals surface area contributed by atoms with Crippen LogP contribution in [0.2, 0.25) is 0 Å². The van der Waals surface area contributed by atoms with E-state index in [2.05, 4.69) is 45.7 Å². The molecule has 0 spiro atoms. The molecule has 23 heavy (non-hydrogen) atoms. The fourth-order valence-corrected chi connectivity index (χ4v) is 5.78. The van der Waals surface area contributed by atoms with Gasteiger partial charge in [0.1, 0.15) is 6.10 Å². The number of rotatable bonds is 4. The van der Waals surface area contributed by atoms with Crippen LogP contribution in [0.1, 0.15) is 60.3 Å². The smallest absolute Gasteiger partial charge is 0.194 e. The van der Waals surface area contributed by atoms with Crippen molar-refractivity contribution in [3.63, 3.8) is 0 Å². The molecule has 1 saturated carbocycles. The lowest BCUT2D eigenvalue weighted by molar-refractivity contribution is 0.0208. The molecule has 0 aliphatic heterocycles. The molecule has 0 N–H and O–H groups in total. The Labute approximate surface area is 145 Å². The first-order chi connectivity index (χ1) is 10.9. The van der Waals surface area contributed by atoms with Crippen LogP contribution in [0.25, 0.3) is 0 Å². The van der Waals surface area contributed by atoms with Gasteiger partial charge in [0, 0.05) is 6.42 Å². The summed E-state index contributed by atoms with van der Waals surface area (Å²) in [6, 6.07) is 0. The van der Waals surface area contributed by atoms with E-state index in [0.29, 0.717) is 11.5 Å². The second-order valence-electron chi connectivity index (χ2n) is 8.36. The molecule has 1 aromatic heterocycles. The number of hydrogen-bond acceptors (Lipinski definition) is 3. The molecule has 3 rings (SSSR count). The normalized spacial score (nSPS) is 34.4. The van der Waals surface area contributed by atoms with Crippen LogP contribution in [-0.2, 0) is 0 Å². The van der Waals surface area contributed by atoms with Crippen LogP contribution in [0.5, 0.6) is 5.06 Å². The molecule has 0 aromatic carbocycles. The molecule has 0 bridgehead atoms. The third-order valence-electron chi connectivity index (χ3n) is 6.27. The number of ether oxygens (including phenoxy) is 1. The van der Waals surface area contributed by atoms with Gasteiger partial charge in [-0.25, -0.2) is 4.98 Å². The van der Waals surface area contributed by atoms with E-state index in [4.69, 9.17) is 4.74 Å². The van der Waals surface area contributed by atoms with Crippen LogP contribution in [-0.4, -0.2) is 11.1 Å². The number of fused-ring (bicyclic) bond motifs is 1. The second-order valence-corrected chi connectivity index (χ2v) is 9.21. The van der Waals surface area contributed by atoms with Crippen molar-refractivity contribution < 1.29 is 4.74 Å². The van der Waals surface area contributed by atoms with Gasteiger partial charge in [-0.05, 0) is 48.3 Å². The Balaban J connectivity index is 1.80. The highest BCUT2D eigenvalue weighted by atomic mass is 32.1. The first-order valence-corrected chi connectivity index (χ1v) is 10.0. The zero-order valence-electron chi connectivity index (χ0n) is 15.2. The molecule has 1 fully saturated rings.